The molecule has 44 heavy (non-hydrogen) atoms. The highest BCUT2D eigenvalue weighted by Crippen LogP contribution is 2.37. The van der Waals surface area contributed by atoms with Crippen molar-refractivity contribution in [3.8, 4) is 28.2 Å². The number of pyridine rings is 1. The van der Waals surface area contributed by atoms with E-state index < -0.39 is 0 Å². The molecule has 0 fully saturated rings. The van der Waals surface area contributed by atoms with Crippen LogP contribution in [0.4, 0.5) is 17.1 Å². The van der Waals surface area contributed by atoms with E-state index >= 15 is 0 Å². The summed E-state index contributed by atoms with van der Waals surface area (Å²) >= 11 is 0. The van der Waals surface area contributed by atoms with Crippen LogP contribution in [0.15, 0.2) is 170 Å². The van der Waals surface area contributed by atoms with Crippen LogP contribution in [0, 0.1) is 0 Å². The maximum Gasteiger partial charge on any atom is 0.145 e. The van der Waals surface area contributed by atoms with Gasteiger partial charge in [0.2, 0.25) is 0 Å². The highest BCUT2D eigenvalue weighted by Gasteiger charge is 2.15. The number of nitrogens with zero attached hydrogens (tertiary/aromatic N) is 4. The number of fused-ring (bicyclic) bond motifs is 2. The highest BCUT2D eigenvalue weighted by atomic mass is 15.1. The first kappa shape index (κ1) is 25.7. The van der Waals surface area contributed by atoms with E-state index in [9.17, 15) is 0 Å². The number of hydrogen-bond acceptors (Lipinski definition) is 3. The van der Waals surface area contributed by atoms with Gasteiger partial charge in [-0.2, -0.15) is 0 Å². The summed E-state index contributed by atoms with van der Waals surface area (Å²) in [4.78, 5) is 11.8. The van der Waals surface area contributed by atoms with Crippen LogP contribution < -0.4 is 4.90 Å². The molecule has 0 spiro atoms. The molecular weight excluding hydrogens is 536 g/mol. The van der Waals surface area contributed by atoms with Crippen molar-refractivity contribution in [3.63, 3.8) is 0 Å². The second-order valence-electron chi connectivity index (χ2n) is 10.8. The standard InChI is InChI=1S/C40H28N4/c1-3-10-31(11-4-1)40-42-38-15-7-8-16-39(38)44(40)35-23-19-30(20-24-35)29-17-21-34(22-18-29)43(33-13-5-2-6-14-33)36-25-26-37-32(28-36)12-9-27-41-37/h1-28H. The van der Waals surface area contributed by atoms with Gasteiger partial charge in [-0.05, 0) is 83.9 Å². The van der Waals surface area contributed by atoms with Gasteiger partial charge in [-0.1, -0.05) is 91.0 Å². The van der Waals surface area contributed by atoms with Gasteiger partial charge >= 0.3 is 0 Å². The molecule has 4 nitrogen and oxygen atoms in total. The Bertz CT molecular complexity index is 2200. The van der Waals surface area contributed by atoms with E-state index in [1.54, 1.807) is 0 Å². The summed E-state index contributed by atoms with van der Waals surface area (Å²) in [6.45, 7) is 0. The van der Waals surface area contributed by atoms with Crippen molar-refractivity contribution in [1.29, 1.82) is 0 Å². The first-order valence-electron chi connectivity index (χ1n) is 14.8. The van der Waals surface area contributed by atoms with Crippen LogP contribution in [0.3, 0.4) is 0 Å². The minimum absolute atomic E-state index is 0.939. The minimum atomic E-state index is 0.939. The van der Waals surface area contributed by atoms with Gasteiger partial charge in [-0.15, -0.1) is 0 Å². The van der Waals surface area contributed by atoms with Gasteiger partial charge in [0.15, 0.2) is 0 Å². The molecule has 0 atom stereocenters. The van der Waals surface area contributed by atoms with Crippen LogP contribution >= 0.6 is 0 Å². The number of hydrogen-bond donors (Lipinski definition) is 0. The molecule has 4 heteroatoms. The fraction of sp³-hybridized carbons (Fsp3) is 0. The quantitative estimate of drug-likeness (QED) is 0.201. The van der Waals surface area contributed by atoms with Crippen LogP contribution in [0.1, 0.15) is 0 Å². The smallest absolute Gasteiger partial charge is 0.145 e. The van der Waals surface area contributed by atoms with E-state index in [1.165, 1.54) is 0 Å². The maximum absolute atomic E-state index is 4.99. The Morgan fingerprint density at radius 1 is 0.455 bits per heavy atom. The lowest BCUT2D eigenvalue weighted by Crippen LogP contribution is -2.09. The number of para-hydroxylation sites is 3. The Balaban J connectivity index is 1.15. The van der Waals surface area contributed by atoms with Crippen molar-refractivity contribution in [3.05, 3.63) is 170 Å². The molecular formula is C40H28N4. The van der Waals surface area contributed by atoms with Crippen molar-refractivity contribution in [2.24, 2.45) is 0 Å². The normalized spacial score (nSPS) is 11.2. The van der Waals surface area contributed by atoms with Gasteiger partial charge in [-0.3, -0.25) is 9.55 Å². The van der Waals surface area contributed by atoms with Crippen molar-refractivity contribution in [2.45, 2.75) is 0 Å². The van der Waals surface area contributed by atoms with Gasteiger partial charge in [-0.25, -0.2) is 4.98 Å². The average Bonchev–Trinajstić information content (AvgIpc) is 3.49. The summed E-state index contributed by atoms with van der Waals surface area (Å²) in [7, 11) is 0. The van der Waals surface area contributed by atoms with E-state index in [0.717, 1.165) is 67.2 Å². The molecule has 0 amide bonds. The van der Waals surface area contributed by atoms with Crippen molar-refractivity contribution >= 4 is 39.0 Å². The van der Waals surface area contributed by atoms with E-state index in [-0.39, 0.29) is 0 Å². The molecule has 6 aromatic carbocycles. The SMILES string of the molecule is c1ccc(-c2nc3ccccc3n2-c2ccc(-c3ccc(N(c4ccccc4)c4ccc5ncccc5c4)cc3)cc2)cc1. The fourth-order valence-corrected chi connectivity index (χ4v) is 5.90. The van der Waals surface area contributed by atoms with Crippen LogP contribution in [-0.4, -0.2) is 14.5 Å². The Hall–Kier alpha value is -6.00. The second-order valence-corrected chi connectivity index (χ2v) is 10.8. The van der Waals surface area contributed by atoms with E-state index in [1.807, 2.05) is 30.5 Å². The lowest BCUT2D eigenvalue weighted by atomic mass is 10.0. The molecule has 208 valence electrons. The largest absolute Gasteiger partial charge is 0.310 e. The van der Waals surface area contributed by atoms with Crippen molar-refractivity contribution in [1.82, 2.24) is 14.5 Å². The molecule has 0 saturated heterocycles. The molecule has 0 bridgehead atoms. The molecule has 0 aliphatic carbocycles. The van der Waals surface area contributed by atoms with Crippen LogP contribution in [-0.2, 0) is 0 Å². The van der Waals surface area contributed by atoms with E-state index in [4.69, 9.17) is 4.98 Å². The van der Waals surface area contributed by atoms with Gasteiger partial charge in [0.25, 0.3) is 0 Å². The van der Waals surface area contributed by atoms with Gasteiger partial charge in [0, 0.05) is 39.9 Å². The van der Waals surface area contributed by atoms with E-state index in [0.29, 0.717) is 0 Å². The van der Waals surface area contributed by atoms with Crippen molar-refractivity contribution < 1.29 is 0 Å². The predicted octanol–water partition coefficient (Wildman–Crippen LogP) is 10.4. The first-order valence-corrected chi connectivity index (χ1v) is 14.8. The van der Waals surface area contributed by atoms with Crippen LogP contribution in [0.5, 0.6) is 0 Å². The highest BCUT2D eigenvalue weighted by molar-refractivity contribution is 5.87. The summed E-state index contributed by atoms with van der Waals surface area (Å²) in [6.07, 6.45) is 1.84. The monoisotopic (exact) mass is 564 g/mol. The van der Waals surface area contributed by atoms with Gasteiger partial charge < -0.3 is 4.90 Å². The number of anilines is 3. The first-order chi connectivity index (χ1) is 21.8. The third-order valence-corrected chi connectivity index (χ3v) is 8.04. The van der Waals surface area contributed by atoms with Gasteiger partial charge in [0.05, 0.1) is 16.6 Å². The molecule has 0 aliphatic rings. The molecule has 8 aromatic rings. The molecule has 0 saturated carbocycles. The Kier molecular flexibility index (Phi) is 6.43. The summed E-state index contributed by atoms with van der Waals surface area (Å²) in [5.74, 6) is 0.939. The summed E-state index contributed by atoms with van der Waals surface area (Å²) in [6, 6.07) is 57.2. The number of benzene rings is 6. The lowest BCUT2D eigenvalue weighted by Gasteiger charge is -2.26. The zero-order chi connectivity index (χ0) is 29.3. The molecule has 0 aliphatic heterocycles. The zero-order valence-corrected chi connectivity index (χ0v) is 24.0. The van der Waals surface area contributed by atoms with Crippen LogP contribution in [0.2, 0.25) is 0 Å². The molecule has 0 unspecified atom stereocenters. The number of rotatable bonds is 6. The molecule has 8 rings (SSSR count). The maximum atomic E-state index is 4.99. The molecule has 2 aromatic heterocycles. The van der Waals surface area contributed by atoms with Crippen LogP contribution in [0.25, 0.3) is 50.1 Å². The van der Waals surface area contributed by atoms with Gasteiger partial charge in [0.1, 0.15) is 5.82 Å². The molecule has 2 heterocycles. The predicted molar refractivity (Wildman–Crippen MR) is 182 cm³/mol. The summed E-state index contributed by atoms with van der Waals surface area (Å²) in [5.41, 5.74) is 10.9. The number of aromatic nitrogens is 3. The Labute approximate surface area is 256 Å². The molecule has 0 radical (unpaired) electrons. The third kappa shape index (κ3) is 4.69. The topological polar surface area (TPSA) is 34.0 Å². The number of imidazole rings is 1. The summed E-state index contributed by atoms with van der Waals surface area (Å²) < 4.78 is 2.24. The van der Waals surface area contributed by atoms with E-state index in [2.05, 4.69) is 154 Å². The minimum Gasteiger partial charge on any atom is -0.310 e. The Morgan fingerprint density at radius 3 is 1.86 bits per heavy atom. The second kappa shape index (κ2) is 11.0. The lowest BCUT2D eigenvalue weighted by molar-refractivity contribution is 1.10. The van der Waals surface area contributed by atoms with Crippen molar-refractivity contribution in [2.75, 3.05) is 4.90 Å². The average molecular weight is 565 g/mol. The fourth-order valence-electron chi connectivity index (χ4n) is 5.90. The molecule has 0 N–H and O–H groups in total. The Morgan fingerprint density at radius 2 is 1.09 bits per heavy atom. The summed E-state index contributed by atoms with van der Waals surface area (Å²) in [5, 5.41) is 1.11. The third-order valence-electron chi connectivity index (χ3n) is 8.04. The zero-order valence-electron chi connectivity index (χ0n) is 24.0.